The highest BCUT2D eigenvalue weighted by Gasteiger charge is 2.28. The number of aryl methyl sites for hydroxylation is 1. The summed E-state index contributed by atoms with van der Waals surface area (Å²) in [6.45, 7) is 19.5. The van der Waals surface area contributed by atoms with Crippen LogP contribution in [-0.2, 0) is 4.74 Å². The normalized spacial score (nSPS) is 16.8. The van der Waals surface area contributed by atoms with Crippen molar-refractivity contribution in [3.8, 4) is 5.75 Å². The summed E-state index contributed by atoms with van der Waals surface area (Å²) in [5, 5.41) is 3.01. The van der Waals surface area contributed by atoms with Gasteiger partial charge in [-0.25, -0.2) is 4.98 Å². The predicted octanol–water partition coefficient (Wildman–Crippen LogP) is 6.71. The van der Waals surface area contributed by atoms with Gasteiger partial charge in [-0.1, -0.05) is 54.2 Å². The van der Waals surface area contributed by atoms with Crippen LogP contribution in [0.1, 0.15) is 56.5 Å². The van der Waals surface area contributed by atoms with Crippen molar-refractivity contribution in [2.45, 2.75) is 53.5 Å². The van der Waals surface area contributed by atoms with Crippen molar-refractivity contribution in [3.63, 3.8) is 0 Å². The number of methoxy groups -OCH3 is 1. The minimum Gasteiger partial charge on any atom is -0.505 e. The number of likely N-dealkylation sites (tertiary alicyclic amines) is 1. The Morgan fingerprint density at radius 3 is 2.23 bits per heavy atom. The fourth-order valence-electron chi connectivity index (χ4n) is 5.48. The number of ether oxygens (including phenoxy) is 2. The predicted molar refractivity (Wildman–Crippen MR) is 198 cm³/mol. The van der Waals surface area contributed by atoms with Crippen LogP contribution in [0.25, 0.3) is 0 Å². The third-order valence-corrected chi connectivity index (χ3v) is 8.32. The molecule has 0 bridgehead atoms. The van der Waals surface area contributed by atoms with Crippen LogP contribution in [0, 0.1) is 6.92 Å². The number of pyridine rings is 1. The zero-order chi connectivity index (χ0) is 34.3. The first-order chi connectivity index (χ1) is 22.9. The fourth-order valence-corrected chi connectivity index (χ4v) is 5.48. The van der Waals surface area contributed by atoms with Gasteiger partial charge in [0.2, 0.25) is 0 Å². The Balaban J connectivity index is 0.000000394. The SMILES string of the molecule is C/C=C/OC.CNCCOc1ccccc1.C\C=C(C)/C=C\C(=C/C)CN1CCC(N2CCN(c3ncc(C=O)cc3C)CC2)CC1. The van der Waals surface area contributed by atoms with E-state index < -0.39 is 0 Å². The highest BCUT2D eigenvalue weighted by molar-refractivity contribution is 5.75. The molecule has 8 heteroatoms. The molecule has 3 heterocycles. The van der Waals surface area contributed by atoms with E-state index in [9.17, 15) is 4.79 Å². The van der Waals surface area contributed by atoms with Crippen LogP contribution >= 0.6 is 0 Å². The van der Waals surface area contributed by atoms with Gasteiger partial charge in [0.1, 0.15) is 18.2 Å². The second kappa shape index (κ2) is 23.6. The van der Waals surface area contributed by atoms with Gasteiger partial charge >= 0.3 is 0 Å². The van der Waals surface area contributed by atoms with Crippen LogP contribution in [0.15, 0.2) is 90.4 Å². The molecular formula is C39H59N5O3. The molecule has 0 spiro atoms. The van der Waals surface area contributed by atoms with Crippen molar-refractivity contribution in [2.24, 2.45) is 0 Å². The molecule has 8 nitrogen and oxygen atoms in total. The summed E-state index contributed by atoms with van der Waals surface area (Å²) in [6.07, 6.45) is 17.4. The minimum atomic E-state index is 0.653. The molecule has 2 aliphatic rings. The van der Waals surface area contributed by atoms with Gasteiger partial charge in [0, 0.05) is 57.1 Å². The number of piperazine rings is 1. The van der Waals surface area contributed by atoms with Crippen molar-refractivity contribution < 1.29 is 14.3 Å². The summed E-state index contributed by atoms with van der Waals surface area (Å²) in [4.78, 5) is 23.1. The highest BCUT2D eigenvalue weighted by atomic mass is 16.5. The largest absolute Gasteiger partial charge is 0.505 e. The Morgan fingerprint density at radius 1 is 1.00 bits per heavy atom. The molecule has 0 atom stereocenters. The number of nitrogens with one attached hydrogen (secondary N) is 1. The Kier molecular flexibility index (Phi) is 19.8. The molecule has 1 aromatic heterocycles. The first-order valence-corrected chi connectivity index (χ1v) is 16.9. The molecule has 4 rings (SSSR count). The number of likely N-dealkylation sites (N-methyl/N-ethyl adjacent to an activating group) is 1. The number of aromatic nitrogens is 1. The maximum absolute atomic E-state index is 11.0. The van der Waals surface area contributed by atoms with Gasteiger partial charge in [-0.15, -0.1) is 0 Å². The maximum Gasteiger partial charge on any atom is 0.151 e. The van der Waals surface area contributed by atoms with E-state index in [1.54, 1.807) is 19.6 Å². The first kappa shape index (κ1) is 39.5. The third kappa shape index (κ3) is 15.2. The number of piperidine rings is 1. The molecule has 2 aromatic rings. The topological polar surface area (TPSA) is 70.2 Å². The molecule has 1 N–H and O–H groups in total. The van der Waals surface area contributed by atoms with E-state index in [4.69, 9.17) is 4.74 Å². The maximum atomic E-state index is 11.0. The number of hydrogen-bond acceptors (Lipinski definition) is 8. The zero-order valence-electron chi connectivity index (χ0n) is 30.0. The lowest BCUT2D eigenvalue weighted by Gasteiger charge is -2.43. The van der Waals surface area contributed by atoms with Gasteiger partial charge in [-0.2, -0.15) is 0 Å². The van der Waals surface area contributed by atoms with E-state index in [2.05, 4.69) is 74.8 Å². The summed E-state index contributed by atoms with van der Waals surface area (Å²) in [7, 11) is 3.54. The number of hydrogen-bond donors (Lipinski definition) is 1. The molecule has 0 saturated carbocycles. The van der Waals surface area contributed by atoms with Gasteiger partial charge in [0.15, 0.2) is 6.29 Å². The number of anilines is 1. The van der Waals surface area contributed by atoms with E-state index >= 15 is 0 Å². The average molecular weight is 646 g/mol. The van der Waals surface area contributed by atoms with E-state index in [0.29, 0.717) is 11.6 Å². The Labute approximate surface area is 284 Å². The van der Waals surface area contributed by atoms with Gasteiger partial charge in [0.25, 0.3) is 0 Å². The monoisotopic (exact) mass is 645 g/mol. The Hall–Kier alpha value is -3.72. The molecule has 0 unspecified atom stereocenters. The van der Waals surface area contributed by atoms with Gasteiger partial charge in [0.05, 0.1) is 13.4 Å². The average Bonchev–Trinajstić information content (AvgIpc) is 3.11. The standard InChI is InChI=1S/C26H38N4O.C9H13NO.C4H8O/c1-5-21(3)7-8-23(6-2)19-28-11-9-25(10-12-28)29-13-15-30(16-14-29)26-22(4)17-24(20-31)18-27-26;1-10-7-8-11-9-5-3-2-4-6-9;1-3-4-5-2/h5-8,17-18,20,25H,9-16,19H2,1-4H3;2-6,10H,7-8H2,1H3;3-4H,1-2H3/b8-7-,21-5-,23-6+;;4-3+. The van der Waals surface area contributed by atoms with Crippen LogP contribution < -0.4 is 15.0 Å². The number of carbonyl (C=O) groups excluding carboxylic acids is 1. The molecule has 2 fully saturated rings. The Bertz CT molecular complexity index is 1260. The van der Waals surface area contributed by atoms with Gasteiger partial charge in [-0.05, 0) is 96.9 Å². The van der Waals surface area contributed by atoms with Crippen molar-refractivity contribution in [1.29, 1.82) is 0 Å². The number of nitrogens with zero attached hydrogens (tertiary/aromatic N) is 4. The summed E-state index contributed by atoms with van der Waals surface area (Å²) in [5.74, 6) is 1.96. The molecule has 2 aliphatic heterocycles. The highest BCUT2D eigenvalue weighted by Crippen LogP contribution is 2.23. The smallest absolute Gasteiger partial charge is 0.151 e. The first-order valence-electron chi connectivity index (χ1n) is 16.9. The second-order valence-corrected chi connectivity index (χ2v) is 11.8. The summed E-state index contributed by atoms with van der Waals surface area (Å²) < 4.78 is 9.89. The summed E-state index contributed by atoms with van der Waals surface area (Å²) in [6, 6.07) is 12.4. The number of rotatable bonds is 12. The zero-order valence-corrected chi connectivity index (χ0v) is 30.0. The van der Waals surface area contributed by atoms with Crippen LogP contribution in [-0.4, -0.2) is 100 Å². The number of allylic oxidation sites excluding steroid dienone is 5. The number of aldehydes is 1. The molecule has 47 heavy (non-hydrogen) atoms. The molecule has 0 amide bonds. The van der Waals surface area contributed by atoms with Crippen LogP contribution in [0.2, 0.25) is 0 Å². The van der Waals surface area contributed by atoms with E-state index in [1.165, 1.54) is 37.1 Å². The van der Waals surface area contributed by atoms with E-state index in [0.717, 1.165) is 69.3 Å². The molecule has 258 valence electrons. The van der Waals surface area contributed by atoms with E-state index in [-0.39, 0.29) is 0 Å². The lowest BCUT2D eigenvalue weighted by atomic mass is 10.0. The van der Waals surface area contributed by atoms with Crippen molar-refractivity contribution in [2.75, 3.05) is 78.0 Å². The summed E-state index contributed by atoms with van der Waals surface area (Å²) in [5.41, 5.74) is 4.45. The molecule has 0 aliphatic carbocycles. The van der Waals surface area contributed by atoms with Gasteiger partial charge in [-0.3, -0.25) is 14.6 Å². The van der Waals surface area contributed by atoms with Crippen LogP contribution in [0.5, 0.6) is 5.75 Å². The molecule has 0 radical (unpaired) electrons. The number of carbonyl (C=O) groups is 1. The quantitative estimate of drug-likeness (QED) is 0.118. The molecule has 1 aromatic carbocycles. The van der Waals surface area contributed by atoms with Crippen molar-refractivity contribution in [3.05, 3.63) is 102 Å². The van der Waals surface area contributed by atoms with Crippen LogP contribution in [0.4, 0.5) is 5.82 Å². The lowest BCUT2D eigenvalue weighted by Crippen LogP contribution is -2.53. The second-order valence-electron chi connectivity index (χ2n) is 11.8. The lowest BCUT2D eigenvalue weighted by molar-refractivity contribution is 0.108. The third-order valence-electron chi connectivity index (χ3n) is 8.32. The van der Waals surface area contributed by atoms with Gasteiger partial charge < -0.3 is 19.7 Å². The molecule has 2 saturated heterocycles. The summed E-state index contributed by atoms with van der Waals surface area (Å²) >= 11 is 0. The number of benzene rings is 1. The van der Waals surface area contributed by atoms with E-state index in [1.807, 2.05) is 63.4 Å². The minimum absolute atomic E-state index is 0.653. The fraction of sp³-hybridized carbons (Fsp3) is 0.487. The van der Waals surface area contributed by atoms with Crippen molar-refractivity contribution in [1.82, 2.24) is 20.1 Å². The number of para-hydroxylation sites is 1. The van der Waals surface area contributed by atoms with Crippen LogP contribution in [0.3, 0.4) is 0 Å². The Morgan fingerprint density at radius 2 is 1.70 bits per heavy atom. The van der Waals surface area contributed by atoms with Crippen molar-refractivity contribution >= 4 is 12.1 Å². The molecular weight excluding hydrogens is 586 g/mol.